The van der Waals surface area contributed by atoms with Crippen molar-refractivity contribution < 1.29 is 0 Å². The van der Waals surface area contributed by atoms with Gasteiger partial charge in [0.1, 0.15) is 0 Å². The maximum atomic E-state index is 6.02. The zero-order chi connectivity index (χ0) is 15.6. The predicted octanol–water partition coefficient (Wildman–Crippen LogP) is 5.57. The van der Waals surface area contributed by atoms with Gasteiger partial charge in [0.25, 0.3) is 0 Å². The Hall–Kier alpha value is -0.550. The molecule has 1 unspecified atom stereocenters. The van der Waals surface area contributed by atoms with Gasteiger partial charge in [0.2, 0.25) is 0 Å². The maximum absolute atomic E-state index is 6.02. The topological polar surface area (TPSA) is 38.0 Å². The van der Waals surface area contributed by atoms with E-state index in [9.17, 15) is 0 Å². The second kappa shape index (κ2) is 6.69. The number of rotatable bonds is 4. The van der Waals surface area contributed by atoms with Gasteiger partial charge in [-0.1, -0.05) is 32.4 Å². The van der Waals surface area contributed by atoms with Crippen LogP contribution >= 0.6 is 38.9 Å². The minimum atomic E-state index is 0.110. The quantitative estimate of drug-likeness (QED) is 0.719. The van der Waals surface area contributed by atoms with Gasteiger partial charge in [-0.2, -0.15) is 0 Å². The van der Waals surface area contributed by atoms with Crippen LogP contribution in [-0.4, -0.2) is 6.54 Å². The first-order chi connectivity index (χ1) is 9.81. The lowest BCUT2D eigenvalue weighted by atomic mass is 9.95. The van der Waals surface area contributed by atoms with Crippen molar-refractivity contribution in [2.24, 2.45) is 5.73 Å². The Labute approximate surface area is 143 Å². The van der Waals surface area contributed by atoms with Gasteiger partial charge in [0, 0.05) is 26.5 Å². The first-order valence-corrected chi connectivity index (χ1v) is 8.82. The molecule has 0 saturated heterocycles. The van der Waals surface area contributed by atoms with Crippen LogP contribution in [0.1, 0.15) is 36.6 Å². The Bertz CT molecular complexity index is 619. The van der Waals surface area contributed by atoms with E-state index in [1.54, 1.807) is 0 Å². The Morgan fingerprint density at radius 3 is 2.52 bits per heavy atom. The monoisotopic (exact) mass is 386 g/mol. The van der Waals surface area contributed by atoms with Gasteiger partial charge in [0.05, 0.1) is 11.1 Å². The van der Waals surface area contributed by atoms with Crippen LogP contribution in [0.5, 0.6) is 0 Å². The van der Waals surface area contributed by atoms with Crippen molar-refractivity contribution in [1.29, 1.82) is 0 Å². The maximum Gasteiger partial charge on any atom is 0.0728 e. The van der Waals surface area contributed by atoms with Crippen molar-refractivity contribution in [2.45, 2.75) is 32.2 Å². The summed E-state index contributed by atoms with van der Waals surface area (Å²) < 4.78 is 0.881. The fourth-order valence-electron chi connectivity index (χ4n) is 1.98. The average molecular weight is 388 g/mol. The summed E-state index contributed by atoms with van der Waals surface area (Å²) in [7, 11) is 0. The third-order valence-corrected chi connectivity index (χ3v) is 6.04. The Balaban J connectivity index is 2.19. The number of benzene rings is 1. The highest BCUT2D eigenvalue weighted by molar-refractivity contribution is 9.10. The van der Waals surface area contributed by atoms with Gasteiger partial charge < -0.3 is 11.1 Å². The summed E-state index contributed by atoms with van der Waals surface area (Å²) in [5.74, 6) is 0. The highest BCUT2D eigenvalue weighted by Crippen LogP contribution is 2.34. The van der Waals surface area contributed by atoms with E-state index in [-0.39, 0.29) is 11.5 Å². The lowest BCUT2D eigenvalue weighted by Gasteiger charge is -2.18. The lowest BCUT2D eigenvalue weighted by molar-refractivity contribution is 0.604. The molecule has 114 valence electrons. The molecule has 0 bridgehead atoms. The molecule has 1 heterocycles. The summed E-state index contributed by atoms with van der Waals surface area (Å²) in [6.07, 6.45) is 0. The van der Waals surface area contributed by atoms with Crippen LogP contribution in [0.3, 0.4) is 0 Å². The molecule has 0 aliphatic rings. The summed E-state index contributed by atoms with van der Waals surface area (Å²) >= 11 is 11.3. The first-order valence-electron chi connectivity index (χ1n) is 6.83. The van der Waals surface area contributed by atoms with Crippen LogP contribution in [-0.2, 0) is 5.41 Å². The molecule has 0 aliphatic heterocycles. The van der Waals surface area contributed by atoms with Gasteiger partial charge >= 0.3 is 0 Å². The highest BCUT2D eigenvalue weighted by Gasteiger charge is 2.19. The first kappa shape index (κ1) is 16.8. The minimum absolute atomic E-state index is 0.110. The van der Waals surface area contributed by atoms with Gasteiger partial charge in [0.15, 0.2) is 0 Å². The Kier molecular flexibility index (Phi) is 5.36. The third kappa shape index (κ3) is 4.22. The molecule has 2 aromatic rings. The van der Waals surface area contributed by atoms with E-state index >= 15 is 0 Å². The molecule has 0 fully saturated rings. The van der Waals surface area contributed by atoms with Crippen LogP contribution in [0.15, 0.2) is 34.8 Å². The molecular formula is C16H20BrClN2S. The Morgan fingerprint density at radius 1 is 1.29 bits per heavy atom. The number of hydrogen-bond acceptors (Lipinski definition) is 3. The molecule has 1 atom stereocenters. The van der Waals surface area contributed by atoms with Gasteiger partial charge in [-0.3, -0.25) is 0 Å². The van der Waals surface area contributed by atoms with Gasteiger partial charge in [-0.15, -0.1) is 11.3 Å². The Morgan fingerprint density at radius 2 is 2.00 bits per heavy atom. The summed E-state index contributed by atoms with van der Waals surface area (Å²) in [6.45, 7) is 7.22. The van der Waals surface area contributed by atoms with Gasteiger partial charge in [-0.05, 0) is 51.7 Å². The molecule has 2 nitrogen and oxygen atoms in total. The molecule has 0 saturated carbocycles. The minimum Gasteiger partial charge on any atom is -0.376 e. The van der Waals surface area contributed by atoms with Crippen molar-refractivity contribution in [3.05, 3.63) is 49.6 Å². The summed E-state index contributed by atoms with van der Waals surface area (Å²) in [5.41, 5.74) is 7.12. The molecule has 1 aromatic carbocycles. The van der Waals surface area contributed by atoms with Crippen molar-refractivity contribution >= 4 is 44.6 Å². The molecule has 5 heteroatoms. The van der Waals surface area contributed by atoms with Crippen molar-refractivity contribution in [1.82, 2.24) is 0 Å². The summed E-state index contributed by atoms with van der Waals surface area (Å²) in [6, 6.07) is 10.3. The van der Waals surface area contributed by atoms with E-state index in [2.05, 4.69) is 54.2 Å². The number of anilines is 1. The van der Waals surface area contributed by atoms with Crippen LogP contribution < -0.4 is 11.1 Å². The van der Waals surface area contributed by atoms with E-state index in [1.165, 1.54) is 9.75 Å². The molecule has 3 N–H and O–H groups in total. The molecule has 1 aromatic heterocycles. The zero-order valence-electron chi connectivity index (χ0n) is 12.4. The van der Waals surface area contributed by atoms with Crippen molar-refractivity contribution in [2.75, 3.05) is 11.9 Å². The van der Waals surface area contributed by atoms with Crippen LogP contribution in [0.25, 0.3) is 0 Å². The molecule has 0 amide bonds. The average Bonchev–Trinajstić information content (AvgIpc) is 2.89. The highest BCUT2D eigenvalue weighted by atomic mass is 79.9. The molecular weight excluding hydrogens is 368 g/mol. The number of hydrogen-bond donors (Lipinski definition) is 2. The summed E-state index contributed by atoms with van der Waals surface area (Å²) in [5, 5.41) is 4.18. The standard InChI is InChI=1S/C16H20BrClN2S/c1-16(2,3)15-7-6-14(21-15)13(9-19)20-10-4-5-12(18)11(17)8-10/h4-8,13,20H,9,19H2,1-3H3. The normalized spacial score (nSPS) is 13.2. The zero-order valence-corrected chi connectivity index (χ0v) is 15.6. The van der Waals surface area contributed by atoms with E-state index in [0.29, 0.717) is 11.6 Å². The molecule has 2 rings (SSSR count). The SMILES string of the molecule is CC(C)(C)c1ccc(C(CN)Nc2ccc(Cl)c(Br)c2)s1. The fourth-order valence-corrected chi connectivity index (χ4v) is 3.60. The van der Waals surface area contributed by atoms with Crippen LogP contribution in [0.2, 0.25) is 5.02 Å². The van der Waals surface area contributed by atoms with E-state index in [0.717, 1.165) is 10.2 Å². The lowest BCUT2D eigenvalue weighted by Crippen LogP contribution is -2.19. The second-order valence-corrected chi connectivity index (χ2v) is 8.39. The van der Waals surface area contributed by atoms with Gasteiger partial charge in [-0.25, -0.2) is 0 Å². The molecule has 0 spiro atoms. The second-order valence-electron chi connectivity index (χ2n) is 6.01. The van der Waals surface area contributed by atoms with E-state index < -0.39 is 0 Å². The van der Waals surface area contributed by atoms with Crippen LogP contribution in [0.4, 0.5) is 5.69 Å². The van der Waals surface area contributed by atoms with Crippen LogP contribution in [0, 0.1) is 0 Å². The number of nitrogens with one attached hydrogen (secondary N) is 1. The third-order valence-electron chi connectivity index (χ3n) is 3.21. The predicted molar refractivity (Wildman–Crippen MR) is 97.6 cm³/mol. The fraction of sp³-hybridized carbons (Fsp3) is 0.375. The molecule has 0 radical (unpaired) electrons. The van der Waals surface area contributed by atoms with E-state index in [1.807, 2.05) is 29.5 Å². The van der Waals surface area contributed by atoms with Crippen molar-refractivity contribution in [3.63, 3.8) is 0 Å². The van der Waals surface area contributed by atoms with Crippen molar-refractivity contribution in [3.8, 4) is 0 Å². The number of thiophene rings is 1. The number of nitrogens with two attached hydrogens (primary N) is 1. The molecule has 0 aliphatic carbocycles. The van der Waals surface area contributed by atoms with E-state index in [4.69, 9.17) is 17.3 Å². The summed E-state index contributed by atoms with van der Waals surface area (Å²) in [4.78, 5) is 2.63. The largest absolute Gasteiger partial charge is 0.376 e. The smallest absolute Gasteiger partial charge is 0.0728 e. The molecule has 21 heavy (non-hydrogen) atoms. The number of halogens is 2.